The smallest absolute Gasteiger partial charge is 0.0998 e. The molecule has 0 spiro atoms. The second kappa shape index (κ2) is 3.62. The van der Waals surface area contributed by atoms with Crippen LogP contribution < -0.4 is 0 Å². The van der Waals surface area contributed by atoms with Crippen molar-refractivity contribution >= 4 is 34.1 Å². The van der Waals surface area contributed by atoms with Gasteiger partial charge in [-0.2, -0.15) is 5.26 Å². The van der Waals surface area contributed by atoms with Crippen molar-refractivity contribution in [2.45, 2.75) is 11.5 Å². The van der Waals surface area contributed by atoms with Gasteiger partial charge in [-0.1, -0.05) is 0 Å². The Labute approximate surface area is 90.8 Å². The average Bonchev–Trinajstić information content (AvgIpc) is 2.65. The van der Waals surface area contributed by atoms with E-state index >= 15 is 0 Å². The summed E-state index contributed by atoms with van der Waals surface area (Å²) in [5.74, 6) is 0. The molecule has 0 unspecified atom stereocenters. The number of aliphatic hydroxyl groups excluding tert-OH is 1. The van der Waals surface area contributed by atoms with Gasteiger partial charge in [0, 0.05) is 20.5 Å². The highest BCUT2D eigenvalue weighted by molar-refractivity contribution is 7.80. The number of thiophene rings is 1. The molecule has 1 heterocycles. The molecule has 0 radical (unpaired) electrons. The number of hydrogen-bond donors (Lipinski definition) is 2. The first-order valence-corrected chi connectivity index (χ1v) is 5.33. The molecule has 0 aliphatic carbocycles. The van der Waals surface area contributed by atoms with E-state index in [-0.39, 0.29) is 6.61 Å². The Morgan fingerprint density at radius 3 is 3.00 bits per heavy atom. The SMILES string of the molecule is N#Cc1cc(S)c(CO)c2sccc12. The molecule has 1 aromatic carbocycles. The molecule has 70 valence electrons. The fraction of sp³-hybridized carbons (Fsp3) is 0.100. The molecule has 2 rings (SSSR count). The van der Waals surface area contributed by atoms with Crippen molar-refractivity contribution in [1.29, 1.82) is 5.26 Å². The number of fused-ring (bicyclic) bond motifs is 1. The molecule has 1 aromatic heterocycles. The van der Waals surface area contributed by atoms with Gasteiger partial charge in [-0.25, -0.2) is 0 Å². The summed E-state index contributed by atoms with van der Waals surface area (Å²) >= 11 is 5.77. The van der Waals surface area contributed by atoms with Gasteiger partial charge < -0.3 is 5.11 Å². The zero-order valence-electron chi connectivity index (χ0n) is 7.19. The Morgan fingerprint density at radius 1 is 1.57 bits per heavy atom. The van der Waals surface area contributed by atoms with Gasteiger partial charge in [0.2, 0.25) is 0 Å². The lowest BCUT2D eigenvalue weighted by Gasteiger charge is -2.04. The first-order chi connectivity index (χ1) is 6.77. The molecular formula is C10H7NOS2. The average molecular weight is 221 g/mol. The van der Waals surface area contributed by atoms with Crippen LogP contribution >= 0.6 is 24.0 Å². The van der Waals surface area contributed by atoms with Gasteiger partial charge in [0.05, 0.1) is 18.2 Å². The number of nitriles is 1. The normalized spacial score (nSPS) is 10.4. The summed E-state index contributed by atoms with van der Waals surface area (Å²) < 4.78 is 0.955. The number of benzene rings is 1. The summed E-state index contributed by atoms with van der Waals surface area (Å²) in [6.45, 7) is -0.0401. The van der Waals surface area contributed by atoms with Crippen molar-refractivity contribution in [1.82, 2.24) is 0 Å². The van der Waals surface area contributed by atoms with Crippen molar-refractivity contribution in [2.24, 2.45) is 0 Å². The number of thiol groups is 1. The molecule has 2 aromatic rings. The molecule has 2 nitrogen and oxygen atoms in total. The van der Waals surface area contributed by atoms with Gasteiger partial charge in [0.15, 0.2) is 0 Å². The lowest BCUT2D eigenvalue weighted by molar-refractivity contribution is 0.281. The van der Waals surface area contributed by atoms with Crippen molar-refractivity contribution in [3.05, 3.63) is 28.6 Å². The fourth-order valence-electron chi connectivity index (χ4n) is 1.42. The minimum absolute atomic E-state index is 0.0401. The molecule has 0 bridgehead atoms. The maximum atomic E-state index is 9.17. The molecule has 14 heavy (non-hydrogen) atoms. The second-order valence-corrected chi connectivity index (χ2v) is 4.25. The number of rotatable bonds is 1. The van der Waals surface area contributed by atoms with Crippen LogP contribution in [0.4, 0.5) is 0 Å². The summed E-state index contributed by atoms with van der Waals surface area (Å²) in [6.07, 6.45) is 0. The zero-order chi connectivity index (χ0) is 10.1. The molecule has 1 N–H and O–H groups in total. The Hall–Kier alpha value is -1.02. The molecule has 0 amide bonds. The van der Waals surface area contributed by atoms with E-state index in [1.807, 2.05) is 11.4 Å². The maximum Gasteiger partial charge on any atom is 0.0998 e. The van der Waals surface area contributed by atoms with Gasteiger partial charge in [-0.05, 0) is 17.5 Å². The predicted molar refractivity (Wildman–Crippen MR) is 59.7 cm³/mol. The van der Waals surface area contributed by atoms with Gasteiger partial charge in [0.25, 0.3) is 0 Å². The maximum absolute atomic E-state index is 9.17. The highest BCUT2D eigenvalue weighted by Gasteiger charge is 2.10. The van der Waals surface area contributed by atoms with E-state index in [1.54, 1.807) is 6.07 Å². The van der Waals surface area contributed by atoms with Gasteiger partial charge in [0.1, 0.15) is 0 Å². The minimum atomic E-state index is -0.0401. The minimum Gasteiger partial charge on any atom is -0.392 e. The number of hydrogen-bond acceptors (Lipinski definition) is 4. The lowest BCUT2D eigenvalue weighted by atomic mass is 10.1. The first kappa shape index (κ1) is 9.53. The molecule has 0 saturated heterocycles. The first-order valence-electron chi connectivity index (χ1n) is 4.01. The molecule has 0 atom stereocenters. The summed E-state index contributed by atoms with van der Waals surface area (Å²) in [5.41, 5.74) is 1.42. The van der Waals surface area contributed by atoms with E-state index in [4.69, 9.17) is 5.26 Å². The van der Waals surface area contributed by atoms with Crippen LogP contribution in [0.3, 0.4) is 0 Å². The van der Waals surface area contributed by atoms with E-state index < -0.39 is 0 Å². The molecule has 4 heteroatoms. The van der Waals surface area contributed by atoms with E-state index in [0.29, 0.717) is 10.5 Å². The highest BCUT2D eigenvalue weighted by Crippen LogP contribution is 2.32. The summed E-state index contributed by atoms with van der Waals surface area (Å²) in [5, 5.41) is 20.9. The quantitative estimate of drug-likeness (QED) is 0.727. The summed E-state index contributed by atoms with van der Waals surface area (Å²) in [7, 11) is 0. The van der Waals surface area contributed by atoms with Crippen molar-refractivity contribution in [2.75, 3.05) is 0 Å². The molecule has 0 saturated carbocycles. The predicted octanol–water partition coefficient (Wildman–Crippen LogP) is 2.55. The van der Waals surface area contributed by atoms with E-state index in [9.17, 15) is 5.11 Å². The molecule has 0 aliphatic rings. The van der Waals surface area contributed by atoms with Gasteiger partial charge >= 0.3 is 0 Å². The van der Waals surface area contributed by atoms with Gasteiger partial charge in [-0.3, -0.25) is 0 Å². The van der Waals surface area contributed by atoms with Crippen LogP contribution in [-0.2, 0) is 6.61 Å². The fourth-order valence-corrected chi connectivity index (χ4v) is 2.77. The zero-order valence-corrected chi connectivity index (χ0v) is 8.90. The third-order valence-corrected chi connectivity index (χ3v) is 3.47. The summed E-state index contributed by atoms with van der Waals surface area (Å²) in [6, 6.07) is 5.72. The van der Waals surface area contributed by atoms with Crippen molar-refractivity contribution < 1.29 is 5.11 Å². The van der Waals surface area contributed by atoms with E-state index in [1.165, 1.54) is 11.3 Å². The third kappa shape index (κ3) is 1.30. The molecule has 0 aliphatic heterocycles. The topological polar surface area (TPSA) is 44.0 Å². The van der Waals surface area contributed by atoms with Crippen LogP contribution in [0.5, 0.6) is 0 Å². The van der Waals surface area contributed by atoms with Crippen LogP contribution in [0, 0.1) is 11.3 Å². The Bertz CT molecular complexity index is 525. The summed E-state index contributed by atoms with van der Waals surface area (Å²) in [4.78, 5) is 0.680. The van der Waals surface area contributed by atoms with Crippen molar-refractivity contribution in [3.8, 4) is 6.07 Å². The standard InChI is InChI=1S/C10H7NOS2/c11-4-6-3-9(13)8(5-12)10-7(6)1-2-14-10/h1-3,12-13H,5H2. The Balaban J connectivity index is 2.90. The van der Waals surface area contributed by atoms with Crippen LogP contribution in [0.1, 0.15) is 11.1 Å². The van der Waals surface area contributed by atoms with Crippen LogP contribution in [0.2, 0.25) is 0 Å². The van der Waals surface area contributed by atoms with E-state index in [2.05, 4.69) is 18.7 Å². The molecule has 0 fully saturated rings. The van der Waals surface area contributed by atoms with Crippen LogP contribution in [0.15, 0.2) is 22.4 Å². The largest absolute Gasteiger partial charge is 0.392 e. The highest BCUT2D eigenvalue weighted by atomic mass is 32.1. The number of nitrogens with zero attached hydrogens (tertiary/aromatic N) is 1. The van der Waals surface area contributed by atoms with Crippen LogP contribution in [0.25, 0.3) is 10.1 Å². The second-order valence-electron chi connectivity index (χ2n) is 2.86. The van der Waals surface area contributed by atoms with Gasteiger partial charge in [-0.15, -0.1) is 24.0 Å². The number of aliphatic hydroxyl groups is 1. The van der Waals surface area contributed by atoms with Crippen LogP contribution in [-0.4, -0.2) is 5.11 Å². The van der Waals surface area contributed by atoms with E-state index in [0.717, 1.165) is 15.6 Å². The Kier molecular flexibility index (Phi) is 2.46. The molecular weight excluding hydrogens is 214 g/mol. The third-order valence-electron chi connectivity index (χ3n) is 2.10. The monoisotopic (exact) mass is 221 g/mol. The van der Waals surface area contributed by atoms with Crippen molar-refractivity contribution in [3.63, 3.8) is 0 Å². The Morgan fingerprint density at radius 2 is 2.36 bits per heavy atom. The lowest BCUT2D eigenvalue weighted by Crippen LogP contribution is -1.88.